The zero-order valence-electron chi connectivity index (χ0n) is 13.0. The highest BCUT2D eigenvalue weighted by molar-refractivity contribution is 5.81. The maximum Gasteiger partial charge on any atom is 0.271 e. The largest absolute Gasteiger partial charge is 0.376 e. The molecule has 120 valence electrons. The molecular formula is C16H23N3O3. The molecule has 1 amide bonds. The fraction of sp³-hybridized carbons (Fsp3) is 0.562. The second-order valence-electron chi connectivity index (χ2n) is 6.10. The number of nitro benzene ring substituents is 1. The lowest BCUT2D eigenvalue weighted by Crippen LogP contribution is -2.45. The molecule has 1 saturated carbocycles. The fourth-order valence-corrected chi connectivity index (χ4v) is 2.96. The summed E-state index contributed by atoms with van der Waals surface area (Å²) < 4.78 is 0. The SMILES string of the molecule is C[C@@H]1[C@H](C)CCC[C@@H]1NC(=O)CNc1cccc([N+](=O)[O-])c1. The Hall–Kier alpha value is -2.11. The minimum Gasteiger partial charge on any atom is -0.376 e. The Morgan fingerprint density at radius 1 is 1.36 bits per heavy atom. The van der Waals surface area contributed by atoms with Crippen LogP contribution in [-0.2, 0) is 4.79 Å². The zero-order chi connectivity index (χ0) is 16.1. The van der Waals surface area contributed by atoms with Crippen molar-refractivity contribution in [1.82, 2.24) is 5.32 Å². The predicted molar refractivity (Wildman–Crippen MR) is 85.7 cm³/mol. The average molecular weight is 305 g/mol. The lowest BCUT2D eigenvalue weighted by Gasteiger charge is -2.34. The Morgan fingerprint density at radius 3 is 2.86 bits per heavy atom. The minimum absolute atomic E-state index is 0.0140. The van der Waals surface area contributed by atoms with E-state index in [0.717, 1.165) is 12.8 Å². The van der Waals surface area contributed by atoms with Gasteiger partial charge in [0.25, 0.3) is 5.69 Å². The Balaban J connectivity index is 1.85. The smallest absolute Gasteiger partial charge is 0.271 e. The molecule has 2 N–H and O–H groups in total. The van der Waals surface area contributed by atoms with Gasteiger partial charge in [0.05, 0.1) is 11.5 Å². The molecule has 0 radical (unpaired) electrons. The van der Waals surface area contributed by atoms with Crippen molar-refractivity contribution >= 4 is 17.3 Å². The number of hydrogen-bond acceptors (Lipinski definition) is 4. The Bertz CT molecular complexity index is 547. The Labute approximate surface area is 130 Å². The van der Waals surface area contributed by atoms with Gasteiger partial charge in [-0.05, 0) is 24.3 Å². The number of carbonyl (C=O) groups excluding carboxylic acids is 1. The van der Waals surface area contributed by atoms with Crippen molar-refractivity contribution in [3.8, 4) is 0 Å². The molecule has 6 nitrogen and oxygen atoms in total. The van der Waals surface area contributed by atoms with Gasteiger partial charge in [0.15, 0.2) is 0 Å². The first kappa shape index (κ1) is 16.3. The normalized spacial score (nSPS) is 24.5. The first-order chi connectivity index (χ1) is 10.5. The molecule has 1 aliphatic carbocycles. The Kier molecular flexibility index (Phi) is 5.35. The molecule has 0 saturated heterocycles. The van der Waals surface area contributed by atoms with Gasteiger partial charge in [-0.15, -0.1) is 0 Å². The van der Waals surface area contributed by atoms with E-state index in [-0.39, 0.29) is 24.2 Å². The van der Waals surface area contributed by atoms with Gasteiger partial charge in [-0.1, -0.05) is 32.8 Å². The first-order valence-corrected chi connectivity index (χ1v) is 7.75. The molecule has 0 unspecified atom stereocenters. The van der Waals surface area contributed by atoms with E-state index in [1.54, 1.807) is 12.1 Å². The summed E-state index contributed by atoms with van der Waals surface area (Å²) in [6, 6.07) is 6.40. The van der Waals surface area contributed by atoms with Crippen LogP contribution in [-0.4, -0.2) is 23.4 Å². The second-order valence-corrected chi connectivity index (χ2v) is 6.10. The highest BCUT2D eigenvalue weighted by atomic mass is 16.6. The average Bonchev–Trinajstić information content (AvgIpc) is 2.50. The number of amides is 1. The van der Waals surface area contributed by atoms with Gasteiger partial charge >= 0.3 is 0 Å². The molecule has 2 rings (SSSR count). The zero-order valence-corrected chi connectivity index (χ0v) is 13.0. The molecule has 1 aromatic carbocycles. The topological polar surface area (TPSA) is 84.3 Å². The molecule has 1 aliphatic rings. The standard InChI is InChI=1S/C16H23N3O3/c1-11-5-3-8-15(12(11)2)18-16(20)10-17-13-6-4-7-14(9-13)19(21)22/h4,6-7,9,11-12,15,17H,3,5,8,10H2,1-2H3,(H,18,20)/t11-,12-,15+/m1/s1. The van der Waals surface area contributed by atoms with Crippen LogP contribution in [0.4, 0.5) is 11.4 Å². The summed E-state index contributed by atoms with van der Waals surface area (Å²) in [4.78, 5) is 22.3. The highest BCUT2D eigenvalue weighted by Gasteiger charge is 2.27. The van der Waals surface area contributed by atoms with Gasteiger partial charge in [0.1, 0.15) is 0 Å². The third-order valence-corrected chi connectivity index (χ3v) is 4.56. The molecule has 22 heavy (non-hydrogen) atoms. The van der Waals surface area contributed by atoms with Crippen LogP contribution in [0.15, 0.2) is 24.3 Å². The second kappa shape index (κ2) is 7.24. The number of carbonyl (C=O) groups is 1. The minimum atomic E-state index is -0.448. The third kappa shape index (κ3) is 4.19. The molecule has 1 fully saturated rings. The Morgan fingerprint density at radius 2 is 2.14 bits per heavy atom. The molecule has 0 aromatic heterocycles. The lowest BCUT2D eigenvalue weighted by molar-refractivity contribution is -0.384. The van der Waals surface area contributed by atoms with Crippen molar-refractivity contribution in [2.45, 2.75) is 39.2 Å². The number of nitrogens with zero attached hydrogens (tertiary/aromatic N) is 1. The van der Waals surface area contributed by atoms with E-state index in [1.165, 1.54) is 18.6 Å². The van der Waals surface area contributed by atoms with E-state index in [1.807, 2.05) is 0 Å². The van der Waals surface area contributed by atoms with Crippen LogP contribution in [0.3, 0.4) is 0 Å². The monoisotopic (exact) mass is 305 g/mol. The van der Waals surface area contributed by atoms with Gasteiger partial charge in [-0.3, -0.25) is 14.9 Å². The van der Waals surface area contributed by atoms with Gasteiger partial charge in [0.2, 0.25) is 5.91 Å². The molecule has 0 bridgehead atoms. The van der Waals surface area contributed by atoms with E-state index < -0.39 is 4.92 Å². The number of nitro groups is 1. The summed E-state index contributed by atoms with van der Waals surface area (Å²) >= 11 is 0. The summed E-state index contributed by atoms with van der Waals surface area (Å²) in [5.74, 6) is 1.04. The van der Waals surface area contributed by atoms with Crippen LogP contribution >= 0.6 is 0 Å². The van der Waals surface area contributed by atoms with Crippen LogP contribution in [0.1, 0.15) is 33.1 Å². The molecular weight excluding hydrogens is 282 g/mol. The van der Waals surface area contributed by atoms with E-state index in [9.17, 15) is 14.9 Å². The summed E-state index contributed by atoms with van der Waals surface area (Å²) in [5, 5.41) is 16.7. The molecule has 0 heterocycles. The van der Waals surface area contributed by atoms with Crippen LogP contribution in [0.25, 0.3) is 0 Å². The van der Waals surface area contributed by atoms with Crippen molar-refractivity contribution < 1.29 is 9.72 Å². The first-order valence-electron chi connectivity index (χ1n) is 7.75. The summed E-state index contributed by atoms with van der Waals surface area (Å²) in [6.07, 6.45) is 3.39. The molecule has 3 atom stereocenters. The molecule has 1 aromatic rings. The van der Waals surface area contributed by atoms with E-state index in [4.69, 9.17) is 0 Å². The van der Waals surface area contributed by atoms with Crippen molar-refractivity contribution in [3.05, 3.63) is 34.4 Å². The van der Waals surface area contributed by atoms with Crippen LogP contribution in [0.2, 0.25) is 0 Å². The number of non-ortho nitro benzene ring substituents is 1. The number of benzene rings is 1. The molecule has 6 heteroatoms. The summed E-state index contributed by atoms with van der Waals surface area (Å²) in [7, 11) is 0. The number of anilines is 1. The van der Waals surface area contributed by atoms with Crippen molar-refractivity contribution in [3.63, 3.8) is 0 Å². The van der Waals surface area contributed by atoms with Crippen LogP contribution in [0.5, 0.6) is 0 Å². The third-order valence-electron chi connectivity index (χ3n) is 4.56. The predicted octanol–water partition coefficient (Wildman–Crippen LogP) is 2.95. The maximum absolute atomic E-state index is 12.0. The van der Waals surface area contributed by atoms with Gasteiger partial charge in [-0.2, -0.15) is 0 Å². The summed E-state index contributed by atoms with van der Waals surface area (Å²) in [5.41, 5.74) is 0.592. The van der Waals surface area contributed by atoms with E-state index in [2.05, 4.69) is 24.5 Å². The van der Waals surface area contributed by atoms with Crippen LogP contribution < -0.4 is 10.6 Å². The van der Waals surface area contributed by atoms with Crippen molar-refractivity contribution in [1.29, 1.82) is 0 Å². The number of rotatable bonds is 5. The fourth-order valence-electron chi connectivity index (χ4n) is 2.96. The highest BCUT2D eigenvalue weighted by Crippen LogP contribution is 2.29. The van der Waals surface area contributed by atoms with Crippen molar-refractivity contribution in [2.24, 2.45) is 11.8 Å². The van der Waals surface area contributed by atoms with E-state index >= 15 is 0 Å². The quantitative estimate of drug-likeness (QED) is 0.647. The number of nitrogens with one attached hydrogen (secondary N) is 2. The molecule has 0 spiro atoms. The summed E-state index contributed by atoms with van der Waals surface area (Å²) in [6.45, 7) is 4.53. The van der Waals surface area contributed by atoms with Crippen LogP contribution in [0, 0.1) is 22.0 Å². The molecule has 0 aliphatic heterocycles. The van der Waals surface area contributed by atoms with Gasteiger partial charge in [-0.25, -0.2) is 0 Å². The van der Waals surface area contributed by atoms with E-state index in [0.29, 0.717) is 17.5 Å². The van der Waals surface area contributed by atoms with Gasteiger partial charge in [0, 0.05) is 23.9 Å². The van der Waals surface area contributed by atoms with Crippen molar-refractivity contribution in [2.75, 3.05) is 11.9 Å². The van der Waals surface area contributed by atoms with Gasteiger partial charge < -0.3 is 10.6 Å². The number of hydrogen-bond donors (Lipinski definition) is 2. The maximum atomic E-state index is 12.0. The lowest BCUT2D eigenvalue weighted by atomic mass is 9.78.